The number of nitrogens with one attached hydrogen (secondary N) is 1. The second-order valence-corrected chi connectivity index (χ2v) is 8.49. The normalized spacial score (nSPS) is 24.7. The Balaban J connectivity index is 1.33. The van der Waals surface area contributed by atoms with E-state index in [1.807, 2.05) is 4.90 Å². The topological polar surface area (TPSA) is 87.7 Å². The third-order valence-corrected chi connectivity index (χ3v) is 6.38. The van der Waals surface area contributed by atoms with Crippen molar-refractivity contribution in [1.29, 1.82) is 0 Å². The van der Waals surface area contributed by atoms with E-state index in [9.17, 15) is 9.59 Å². The van der Waals surface area contributed by atoms with Crippen molar-refractivity contribution in [3.8, 4) is 6.01 Å². The van der Waals surface area contributed by atoms with Gasteiger partial charge in [0.1, 0.15) is 0 Å². The van der Waals surface area contributed by atoms with E-state index < -0.39 is 0 Å². The lowest BCUT2D eigenvalue weighted by Crippen LogP contribution is -2.45. The first-order valence-corrected chi connectivity index (χ1v) is 10.8. The molecule has 8 nitrogen and oxygen atoms in total. The molecule has 2 aliphatic heterocycles. The van der Waals surface area contributed by atoms with Gasteiger partial charge in [-0.25, -0.2) is 9.97 Å². The first kappa shape index (κ1) is 20.1. The first-order valence-electron chi connectivity index (χ1n) is 10.8. The Kier molecular flexibility index (Phi) is 6.28. The quantitative estimate of drug-likeness (QED) is 0.710. The summed E-state index contributed by atoms with van der Waals surface area (Å²) in [6.45, 7) is 3.46. The van der Waals surface area contributed by atoms with Crippen LogP contribution in [0.3, 0.4) is 0 Å². The Morgan fingerprint density at radius 1 is 1.10 bits per heavy atom. The van der Waals surface area contributed by atoms with E-state index in [0.29, 0.717) is 30.5 Å². The molecule has 1 aromatic rings. The zero-order valence-electron chi connectivity index (χ0n) is 17.2. The number of carbonyl (C=O) groups excluding carboxylic acids is 2. The molecular formula is C21H31N5O3. The van der Waals surface area contributed by atoms with Gasteiger partial charge in [-0.1, -0.05) is 0 Å². The second kappa shape index (κ2) is 9.07. The molecule has 1 N–H and O–H groups in total. The summed E-state index contributed by atoms with van der Waals surface area (Å²) in [5, 5.41) is 3.03. The molecule has 2 amide bonds. The van der Waals surface area contributed by atoms with Crippen molar-refractivity contribution in [2.45, 2.75) is 57.0 Å². The molecule has 29 heavy (non-hydrogen) atoms. The summed E-state index contributed by atoms with van der Waals surface area (Å²) in [7, 11) is 1.49. The Morgan fingerprint density at radius 3 is 2.45 bits per heavy atom. The number of ether oxygens (including phenoxy) is 1. The molecular weight excluding hydrogens is 370 g/mol. The number of nitrogens with zero attached hydrogens (tertiary/aromatic N) is 4. The maximum atomic E-state index is 12.7. The van der Waals surface area contributed by atoms with Crippen LogP contribution in [0.1, 0.15) is 55.3 Å². The summed E-state index contributed by atoms with van der Waals surface area (Å²) in [6.07, 6.45) is 10.4. The third kappa shape index (κ3) is 5.04. The average molecular weight is 402 g/mol. The van der Waals surface area contributed by atoms with Gasteiger partial charge < -0.3 is 15.0 Å². The van der Waals surface area contributed by atoms with Crippen molar-refractivity contribution in [3.05, 3.63) is 18.0 Å². The van der Waals surface area contributed by atoms with E-state index in [1.54, 1.807) is 0 Å². The molecule has 0 radical (unpaired) electrons. The molecule has 0 unspecified atom stereocenters. The van der Waals surface area contributed by atoms with Gasteiger partial charge in [0.05, 0.1) is 12.7 Å². The number of rotatable bonds is 8. The largest absolute Gasteiger partial charge is 0.467 e. The zero-order valence-corrected chi connectivity index (χ0v) is 17.2. The number of likely N-dealkylation sites (tertiary alicyclic amines) is 2. The minimum atomic E-state index is -0.171. The van der Waals surface area contributed by atoms with E-state index in [1.165, 1.54) is 32.3 Å². The average Bonchev–Trinajstić information content (AvgIpc) is 3.24. The van der Waals surface area contributed by atoms with Crippen LogP contribution >= 0.6 is 0 Å². The van der Waals surface area contributed by atoms with Crippen molar-refractivity contribution in [1.82, 2.24) is 25.1 Å². The standard InChI is InChI=1S/C21H31N5O3/c1-29-21-23-11-16(12-24-21)20(28)22-13-18-7-6-17(26(18)14-15-4-5-15)10-19(27)25-8-2-3-9-25/h11-12,15,17-18H,2-10,13-14H2,1H3,(H,22,28)/t17-,18+/m1/s1. The number of amides is 2. The molecule has 8 heteroatoms. The summed E-state index contributed by atoms with van der Waals surface area (Å²) in [5.74, 6) is 0.884. The number of hydrogen-bond acceptors (Lipinski definition) is 6. The molecule has 1 saturated carbocycles. The van der Waals surface area contributed by atoms with Gasteiger partial charge in [-0.2, -0.15) is 0 Å². The molecule has 0 aromatic carbocycles. The van der Waals surface area contributed by atoms with Crippen LogP contribution in [-0.4, -0.2) is 77.0 Å². The highest BCUT2D eigenvalue weighted by Gasteiger charge is 2.38. The van der Waals surface area contributed by atoms with Crippen LogP contribution in [0.4, 0.5) is 0 Å². The molecule has 1 aromatic heterocycles. The minimum Gasteiger partial charge on any atom is -0.467 e. The van der Waals surface area contributed by atoms with Gasteiger partial charge in [0.15, 0.2) is 0 Å². The first-order chi connectivity index (χ1) is 14.1. The van der Waals surface area contributed by atoms with Crippen LogP contribution in [0.25, 0.3) is 0 Å². The highest BCUT2D eigenvalue weighted by Crippen LogP contribution is 2.35. The van der Waals surface area contributed by atoms with Gasteiger partial charge in [-0.05, 0) is 44.4 Å². The summed E-state index contributed by atoms with van der Waals surface area (Å²) < 4.78 is 4.94. The Morgan fingerprint density at radius 2 is 1.79 bits per heavy atom. The molecule has 3 heterocycles. The fourth-order valence-corrected chi connectivity index (χ4v) is 4.50. The van der Waals surface area contributed by atoms with Gasteiger partial charge in [0, 0.05) is 57.1 Å². The van der Waals surface area contributed by atoms with Crippen LogP contribution in [-0.2, 0) is 4.79 Å². The van der Waals surface area contributed by atoms with E-state index in [2.05, 4.69) is 20.2 Å². The van der Waals surface area contributed by atoms with Gasteiger partial charge in [-0.3, -0.25) is 14.5 Å². The van der Waals surface area contributed by atoms with Crippen molar-refractivity contribution in [2.24, 2.45) is 5.92 Å². The Labute approximate surface area is 172 Å². The predicted molar refractivity (Wildman–Crippen MR) is 108 cm³/mol. The van der Waals surface area contributed by atoms with Gasteiger partial charge in [0.2, 0.25) is 5.91 Å². The number of hydrogen-bond donors (Lipinski definition) is 1. The lowest BCUT2D eigenvalue weighted by atomic mass is 10.1. The van der Waals surface area contributed by atoms with E-state index in [0.717, 1.165) is 51.2 Å². The lowest BCUT2D eigenvalue weighted by molar-refractivity contribution is -0.131. The molecule has 4 rings (SSSR count). The minimum absolute atomic E-state index is 0.171. The summed E-state index contributed by atoms with van der Waals surface area (Å²) in [4.78, 5) is 37.6. The third-order valence-electron chi connectivity index (χ3n) is 6.38. The van der Waals surface area contributed by atoms with Crippen molar-refractivity contribution in [2.75, 3.05) is 33.3 Å². The monoisotopic (exact) mass is 401 g/mol. The molecule has 2 atom stereocenters. The molecule has 158 valence electrons. The number of carbonyl (C=O) groups is 2. The highest BCUT2D eigenvalue weighted by atomic mass is 16.5. The van der Waals surface area contributed by atoms with Crippen LogP contribution in [0.15, 0.2) is 12.4 Å². The molecule has 0 spiro atoms. The van der Waals surface area contributed by atoms with E-state index >= 15 is 0 Å². The van der Waals surface area contributed by atoms with Crippen molar-refractivity contribution in [3.63, 3.8) is 0 Å². The fraction of sp³-hybridized carbons (Fsp3) is 0.714. The van der Waals surface area contributed by atoms with E-state index in [4.69, 9.17) is 4.74 Å². The van der Waals surface area contributed by atoms with Crippen LogP contribution < -0.4 is 10.1 Å². The number of methoxy groups -OCH3 is 1. The summed E-state index contributed by atoms with van der Waals surface area (Å²) in [5.41, 5.74) is 0.429. The lowest BCUT2D eigenvalue weighted by Gasteiger charge is -2.31. The van der Waals surface area contributed by atoms with E-state index in [-0.39, 0.29) is 18.0 Å². The fourth-order valence-electron chi connectivity index (χ4n) is 4.50. The Hall–Kier alpha value is -2.22. The summed E-state index contributed by atoms with van der Waals surface area (Å²) in [6, 6.07) is 0.837. The van der Waals surface area contributed by atoms with Crippen molar-refractivity contribution < 1.29 is 14.3 Å². The Bertz CT molecular complexity index is 716. The van der Waals surface area contributed by atoms with Gasteiger partial charge in [-0.15, -0.1) is 0 Å². The predicted octanol–water partition coefficient (Wildman–Crippen LogP) is 1.47. The summed E-state index contributed by atoms with van der Waals surface area (Å²) >= 11 is 0. The van der Waals surface area contributed by atoms with Gasteiger partial charge in [0.25, 0.3) is 5.91 Å². The maximum Gasteiger partial charge on any atom is 0.316 e. The smallest absolute Gasteiger partial charge is 0.316 e. The van der Waals surface area contributed by atoms with Crippen LogP contribution in [0, 0.1) is 5.92 Å². The van der Waals surface area contributed by atoms with Gasteiger partial charge >= 0.3 is 6.01 Å². The van der Waals surface area contributed by atoms with Crippen LogP contribution in [0.5, 0.6) is 6.01 Å². The SMILES string of the molecule is COc1ncc(C(=O)NC[C@@H]2CC[C@H](CC(=O)N3CCCC3)N2CC2CC2)cn1. The zero-order chi connectivity index (χ0) is 20.2. The molecule has 3 fully saturated rings. The molecule has 1 aliphatic carbocycles. The molecule has 3 aliphatic rings. The van der Waals surface area contributed by atoms with Crippen molar-refractivity contribution >= 4 is 11.8 Å². The maximum absolute atomic E-state index is 12.7. The second-order valence-electron chi connectivity index (χ2n) is 8.49. The molecule has 2 saturated heterocycles. The molecule has 0 bridgehead atoms. The highest BCUT2D eigenvalue weighted by molar-refractivity contribution is 5.93. The number of aromatic nitrogens is 2. The van der Waals surface area contributed by atoms with Crippen LogP contribution in [0.2, 0.25) is 0 Å².